The highest BCUT2D eigenvalue weighted by atomic mass is 35.5. The Balaban J connectivity index is 1.37. The molecule has 1 aliphatic rings. The Kier molecular flexibility index (Phi) is 10.0. The van der Waals surface area contributed by atoms with Crippen LogP contribution in [0, 0.1) is 11.6 Å². The molecule has 4 aromatic rings. The van der Waals surface area contributed by atoms with Crippen LogP contribution in [0.4, 0.5) is 8.78 Å². The number of piperidine rings is 1. The van der Waals surface area contributed by atoms with E-state index in [1.165, 1.54) is 23.0 Å². The van der Waals surface area contributed by atoms with Gasteiger partial charge in [0.05, 0.1) is 40.9 Å². The van der Waals surface area contributed by atoms with E-state index in [4.69, 9.17) is 28.8 Å². The van der Waals surface area contributed by atoms with Crippen LogP contribution >= 0.6 is 11.6 Å². The molecule has 10 nitrogen and oxygen atoms in total. The van der Waals surface area contributed by atoms with Crippen molar-refractivity contribution in [3.05, 3.63) is 75.1 Å². The number of fused-ring (bicyclic) bond motifs is 1. The van der Waals surface area contributed by atoms with E-state index in [1.807, 2.05) is 6.92 Å². The lowest BCUT2D eigenvalue weighted by Gasteiger charge is -2.30. The minimum Gasteiger partial charge on any atom is -0.386 e. The predicted octanol–water partition coefficient (Wildman–Crippen LogP) is 4.27. The molecule has 0 unspecified atom stereocenters. The topological polar surface area (TPSA) is 166 Å². The molecule has 0 saturated carbocycles. The molecule has 13 heteroatoms. The third kappa shape index (κ3) is 7.32. The third-order valence-corrected chi connectivity index (χ3v) is 8.23. The molecule has 0 amide bonds. The van der Waals surface area contributed by atoms with Gasteiger partial charge in [0.2, 0.25) is 0 Å². The Hall–Kier alpha value is -3.71. The molecule has 0 bridgehead atoms. The number of H-pyrrole nitrogens is 1. The van der Waals surface area contributed by atoms with Crippen LogP contribution in [0.3, 0.4) is 0 Å². The number of benzene rings is 1. The Labute approximate surface area is 259 Å². The summed E-state index contributed by atoms with van der Waals surface area (Å²) in [5, 5.41) is 4.02. The van der Waals surface area contributed by atoms with Crippen LogP contribution in [0.2, 0.25) is 5.02 Å². The van der Waals surface area contributed by atoms with Crippen LogP contribution in [0.1, 0.15) is 62.7 Å². The Morgan fingerprint density at radius 1 is 1.25 bits per heavy atom. The number of rotatable bonds is 11. The SMILES string of the molecule is C[C@H](N)CCCc1cc(Cl)c(F)c(-c2cc3cn(-c4cnc([C@@H]5CCC[C@@H](CCN=C(N)CN)N5)c(F)c4)c(=O)nc3[nH]2)c1. The van der Waals surface area contributed by atoms with Crippen LogP contribution < -0.4 is 28.2 Å². The van der Waals surface area contributed by atoms with Crippen molar-refractivity contribution >= 4 is 28.5 Å². The fourth-order valence-corrected chi connectivity index (χ4v) is 5.90. The van der Waals surface area contributed by atoms with Crippen LogP contribution in [0.5, 0.6) is 0 Å². The molecule has 3 aromatic heterocycles. The van der Waals surface area contributed by atoms with Crippen LogP contribution in [0.25, 0.3) is 28.0 Å². The standard InChI is InChI=1S/C31H38ClF2N9O/c1-17(36)4-2-5-18-10-22(28(34)23(32)11-18)26-12-19-16-43(31(44)42-30(19)41-26)21-13-24(33)29(39-15-21)25-7-3-6-20(40-25)8-9-38-27(37)14-35/h10-13,15-17,20,25,40H,2-9,14,35-36H2,1H3,(H2,37,38)(H,41,42,44)/t17-,20-,25-/m0/s1. The van der Waals surface area contributed by atoms with Gasteiger partial charge in [-0.05, 0) is 75.6 Å². The highest BCUT2D eigenvalue weighted by Crippen LogP contribution is 2.32. The smallest absolute Gasteiger partial charge is 0.354 e. The van der Waals surface area contributed by atoms with Crippen molar-refractivity contribution in [2.45, 2.75) is 70.0 Å². The number of aliphatic imine (C=N–C) groups is 1. The minimum absolute atomic E-state index is 0.00898. The number of amidine groups is 1. The highest BCUT2D eigenvalue weighted by molar-refractivity contribution is 6.31. The van der Waals surface area contributed by atoms with Crippen LogP contribution in [-0.4, -0.2) is 50.5 Å². The zero-order valence-electron chi connectivity index (χ0n) is 24.6. The molecule has 1 aromatic carbocycles. The van der Waals surface area contributed by atoms with E-state index in [1.54, 1.807) is 18.2 Å². The summed E-state index contributed by atoms with van der Waals surface area (Å²) in [6.07, 6.45) is 8.73. The summed E-state index contributed by atoms with van der Waals surface area (Å²) in [4.78, 5) is 28.8. The molecule has 234 valence electrons. The van der Waals surface area contributed by atoms with Gasteiger partial charge in [0.25, 0.3) is 0 Å². The van der Waals surface area contributed by atoms with Crippen molar-refractivity contribution in [2.24, 2.45) is 22.2 Å². The lowest BCUT2D eigenvalue weighted by atomic mass is 9.94. The molecular formula is C31H38ClF2N9O. The number of nitrogens with zero attached hydrogens (tertiary/aromatic N) is 4. The van der Waals surface area contributed by atoms with Crippen molar-refractivity contribution in [3.8, 4) is 16.9 Å². The monoisotopic (exact) mass is 625 g/mol. The van der Waals surface area contributed by atoms with Gasteiger partial charge in [0, 0.05) is 41.8 Å². The maximum absolute atomic E-state index is 15.4. The predicted molar refractivity (Wildman–Crippen MR) is 170 cm³/mol. The van der Waals surface area contributed by atoms with Crippen molar-refractivity contribution in [2.75, 3.05) is 13.1 Å². The van der Waals surface area contributed by atoms with E-state index in [9.17, 15) is 4.79 Å². The molecule has 8 N–H and O–H groups in total. The van der Waals surface area contributed by atoms with Gasteiger partial charge < -0.3 is 27.5 Å². The van der Waals surface area contributed by atoms with E-state index in [0.29, 0.717) is 35.6 Å². The van der Waals surface area contributed by atoms with E-state index < -0.39 is 17.3 Å². The van der Waals surface area contributed by atoms with E-state index in [0.717, 1.165) is 44.1 Å². The van der Waals surface area contributed by atoms with Crippen molar-refractivity contribution in [1.82, 2.24) is 24.8 Å². The molecule has 4 heterocycles. The first-order valence-corrected chi connectivity index (χ1v) is 15.3. The number of hydrogen-bond donors (Lipinski definition) is 5. The van der Waals surface area contributed by atoms with Gasteiger partial charge >= 0.3 is 5.69 Å². The number of pyridine rings is 1. The largest absolute Gasteiger partial charge is 0.386 e. The average Bonchev–Trinajstić information content (AvgIpc) is 3.40. The summed E-state index contributed by atoms with van der Waals surface area (Å²) < 4.78 is 31.8. The van der Waals surface area contributed by atoms with Gasteiger partial charge in [-0.15, -0.1) is 0 Å². The van der Waals surface area contributed by atoms with Gasteiger partial charge in [-0.3, -0.25) is 14.5 Å². The first kappa shape index (κ1) is 31.7. The third-order valence-electron chi connectivity index (χ3n) is 7.96. The van der Waals surface area contributed by atoms with Gasteiger partial charge in [0.1, 0.15) is 17.3 Å². The number of aromatic nitrogens is 4. The van der Waals surface area contributed by atoms with Crippen LogP contribution in [0.15, 0.2) is 46.4 Å². The Bertz CT molecular complexity index is 1720. The fraction of sp³-hybridized carbons (Fsp3) is 0.419. The summed E-state index contributed by atoms with van der Waals surface area (Å²) >= 11 is 6.23. The lowest BCUT2D eigenvalue weighted by Crippen LogP contribution is -2.38. The minimum atomic E-state index is -0.629. The molecular weight excluding hydrogens is 588 g/mol. The number of halogens is 3. The Morgan fingerprint density at radius 2 is 2.07 bits per heavy atom. The number of aromatic amines is 1. The molecule has 5 rings (SSSR count). The quantitative estimate of drug-likeness (QED) is 0.123. The highest BCUT2D eigenvalue weighted by Gasteiger charge is 2.26. The maximum Gasteiger partial charge on any atom is 0.354 e. The van der Waals surface area contributed by atoms with Gasteiger partial charge in [-0.25, -0.2) is 13.6 Å². The number of aryl methyl sites for hydroxylation is 1. The van der Waals surface area contributed by atoms with Gasteiger partial charge in [-0.1, -0.05) is 11.6 Å². The average molecular weight is 626 g/mol. The molecule has 44 heavy (non-hydrogen) atoms. The van der Waals surface area contributed by atoms with Crippen molar-refractivity contribution in [3.63, 3.8) is 0 Å². The second kappa shape index (κ2) is 13.9. The molecule has 0 radical (unpaired) electrons. The first-order valence-electron chi connectivity index (χ1n) is 14.9. The lowest BCUT2D eigenvalue weighted by molar-refractivity contribution is 0.304. The zero-order chi connectivity index (χ0) is 31.4. The molecule has 3 atom stereocenters. The molecule has 1 aliphatic heterocycles. The first-order chi connectivity index (χ1) is 21.1. The summed E-state index contributed by atoms with van der Waals surface area (Å²) in [5.74, 6) is -0.684. The maximum atomic E-state index is 15.4. The molecule has 0 aliphatic carbocycles. The van der Waals surface area contributed by atoms with Crippen LogP contribution in [-0.2, 0) is 6.42 Å². The van der Waals surface area contributed by atoms with E-state index in [2.05, 4.69) is 25.3 Å². The zero-order valence-corrected chi connectivity index (χ0v) is 25.4. The Morgan fingerprint density at radius 3 is 2.82 bits per heavy atom. The van der Waals surface area contributed by atoms with E-state index >= 15 is 8.78 Å². The van der Waals surface area contributed by atoms with Crippen molar-refractivity contribution < 1.29 is 8.78 Å². The summed E-state index contributed by atoms with van der Waals surface area (Å²) in [6.45, 7) is 2.70. The normalized spacial score (nSPS) is 18.2. The number of hydrogen-bond acceptors (Lipinski definition) is 7. The molecule has 1 fully saturated rings. The van der Waals surface area contributed by atoms with Gasteiger partial charge in [-0.2, -0.15) is 4.98 Å². The van der Waals surface area contributed by atoms with Gasteiger partial charge in [0.15, 0.2) is 5.82 Å². The number of nitrogens with two attached hydrogens (primary N) is 3. The van der Waals surface area contributed by atoms with E-state index in [-0.39, 0.29) is 46.6 Å². The van der Waals surface area contributed by atoms with Crippen molar-refractivity contribution in [1.29, 1.82) is 0 Å². The fourth-order valence-electron chi connectivity index (χ4n) is 5.66. The second-order valence-corrected chi connectivity index (χ2v) is 11.9. The molecule has 0 spiro atoms. The molecule has 1 saturated heterocycles. The second-order valence-electron chi connectivity index (χ2n) is 11.5. The number of nitrogens with one attached hydrogen (secondary N) is 2. The summed E-state index contributed by atoms with van der Waals surface area (Å²) in [6, 6.07) is 6.29. The summed E-state index contributed by atoms with van der Waals surface area (Å²) in [7, 11) is 0. The summed E-state index contributed by atoms with van der Waals surface area (Å²) in [5.41, 5.74) is 18.8.